The molecule has 0 atom stereocenters. The number of hydrogen-bond acceptors (Lipinski definition) is 5. The van der Waals surface area contributed by atoms with Crippen LogP contribution in [-0.2, 0) is 24.2 Å². The Morgan fingerprint density at radius 1 is 1.19 bits per heavy atom. The standard InChI is InChI=1S/C9H15NO5S/c1-15-9(12)3-2-8(11)10-4-6-16(13,14)7-5-10/h2-7H2,1H3. The van der Waals surface area contributed by atoms with E-state index in [2.05, 4.69) is 4.74 Å². The monoisotopic (exact) mass is 249 g/mol. The molecule has 92 valence electrons. The number of carbonyl (C=O) groups is 2. The van der Waals surface area contributed by atoms with Crippen LogP contribution in [0.25, 0.3) is 0 Å². The predicted molar refractivity (Wildman–Crippen MR) is 56.5 cm³/mol. The lowest BCUT2D eigenvalue weighted by atomic mass is 10.2. The molecule has 1 saturated heterocycles. The second kappa shape index (κ2) is 5.29. The zero-order valence-corrected chi connectivity index (χ0v) is 9.96. The molecule has 0 aromatic heterocycles. The molecule has 0 aromatic rings. The normalized spacial score (nSPS) is 19.2. The van der Waals surface area contributed by atoms with Crippen LogP contribution in [0.15, 0.2) is 0 Å². The fourth-order valence-electron chi connectivity index (χ4n) is 1.43. The van der Waals surface area contributed by atoms with Gasteiger partial charge in [-0.1, -0.05) is 0 Å². The van der Waals surface area contributed by atoms with Crippen LogP contribution in [-0.4, -0.2) is 56.9 Å². The Morgan fingerprint density at radius 3 is 2.25 bits per heavy atom. The topological polar surface area (TPSA) is 80.8 Å². The van der Waals surface area contributed by atoms with Gasteiger partial charge in [-0.15, -0.1) is 0 Å². The Kier molecular flexibility index (Phi) is 4.28. The van der Waals surface area contributed by atoms with Crippen molar-refractivity contribution in [3.63, 3.8) is 0 Å². The average molecular weight is 249 g/mol. The molecule has 1 aliphatic heterocycles. The van der Waals surface area contributed by atoms with E-state index >= 15 is 0 Å². The molecule has 1 amide bonds. The second-order valence-electron chi connectivity index (χ2n) is 3.61. The average Bonchev–Trinajstić information content (AvgIpc) is 2.25. The lowest BCUT2D eigenvalue weighted by Gasteiger charge is -2.26. The minimum absolute atomic E-state index is 0.0109. The number of nitrogens with zero attached hydrogens (tertiary/aromatic N) is 1. The molecule has 1 fully saturated rings. The third-order valence-corrected chi connectivity index (χ3v) is 4.08. The summed E-state index contributed by atoms with van der Waals surface area (Å²) in [6.45, 7) is 0.449. The Labute approximate surface area is 94.5 Å². The van der Waals surface area contributed by atoms with Gasteiger partial charge in [-0.2, -0.15) is 0 Å². The van der Waals surface area contributed by atoms with E-state index in [4.69, 9.17) is 0 Å². The van der Waals surface area contributed by atoms with Crippen molar-refractivity contribution in [2.45, 2.75) is 12.8 Å². The molecule has 0 unspecified atom stereocenters. The van der Waals surface area contributed by atoms with Crippen molar-refractivity contribution in [1.82, 2.24) is 4.90 Å². The lowest BCUT2D eigenvalue weighted by molar-refractivity contribution is -0.143. The first-order valence-electron chi connectivity index (χ1n) is 4.99. The first kappa shape index (κ1) is 13.0. The van der Waals surface area contributed by atoms with Crippen molar-refractivity contribution in [2.75, 3.05) is 31.7 Å². The Morgan fingerprint density at radius 2 is 1.75 bits per heavy atom. The van der Waals surface area contributed by atoms with Crippen LogP contribution >= 0.6 is 0 Å². The highest BCUT2D eigenvalue weighted by molar-refractivity contribution is 7.91. The summed E-state index contributed by atoms with van der Waals surface area (Å²) in [6.07, 6.45) is 0.116. The highest BCUT2D eigenvalue weighted by Crippen LogP contribution is 2.06. The fourth-order valence-corrected chi connectivity index (χ4v) is 2.63. The van der Waals surface area contributed by atoms with E-state index in [1.807, 2.05) is 0 Å². The highest BCUT2D eigenvalue weighted by Gasteiger charge is 2.24. The van der Waals surface area contributed by atoms with Gasteiger partial charge < -0.3 is 9.64 Å². The zero-order valence-electron chi connectivity index (χ0n) is 9.14. The molecule has 0 spiro atoms. The molecule has 7 heteroatoms. The molecule has 1 heterocycles. The van der Waals surface area contributed by atoms with Gasteiger partial charge in [-0.25, -0.2) is 8.42 Å². The number of carbonyl (C=O) groups excluding carboxylic acids is 2. The lowest BCUT2D eigenvalue weighted by Crippen LogP contribution is -2.43. The predicted octanol–water partition coefficient (Wildman–Crippen LogP) is -0.803. The van der Waals surface area contributed by atoms with Crippen molar-refractivity contribution < 1.29 is 22.7 Å². The summed E-state index contributed by atoms with van der Waals surface area (Å²) >= 11 is 0. The number of ether oxygens (including phenoxy) is 1. The third-order valence-electron chi connectivity index (χ3n) is 2.47. The van der Waals surface area contributed by atoms with E-state index in [-0.39, 0.29) is 43.3 Å². The van der Waals surface area contributed by atoms with Crippen LogP contribution in [0.2, 0.25) is 0 Å². The molecular weight excluding hydrogens is 234 g/mol. The molecule has 0 bridgehead atoms. The largest absolute Gasteiger partial charge is 0.469 e. The molecule has 1 aliphatic rings. The number of rotatable bonds is 3. The summed E-state index contributed by atoms with van der Waals surface area (Å²) in [5.74, 6) is -0.605. The van der Waals surface area contributed by atoms with Crippen molar-refractivity contribution in [3.05, 3.63) is 0 Å². The quantitative estimate of drug-likeness (QED) is 0.611. The van der Waals surface area contributed by atoms with E-state index < -0.39 is 15.8 Å². The SMILES string of the molecule is COC(=O)CCC(=O)N1CCS(=O)(=O)CC1. The summed E-state index contributed by atoms with van der Waals surface area (Å²) in [5.41, 5.74) is 0. The molecule has 6 nitrogen and oxygen atoms in total. The van der Waals surface area contributed by atoms with E-state index in [0.717, 1.165) is 0 Å². The maximum atomic E-state index is 11.6. The Bertz CT molecular complexity index is 361. The van der Waals surface area contributed by atoms with Crippen LogP contribution in [0, 0.1) is 0 Å². The van der Waals surface area contributed by atoms with Gasteiger partial charge in [0, 0.05) is 19.5 Å². The summed E-state index contributed by atoms with van der Waals surface area (Å²) in [5, 5.41) is 0. The molecule has 0 N–H and O–H groups in total. The summed E-state index contributed by atoms with van der Waals surface area (Å²) in [7, 11) is -1.71. The van der Waals surface area contributed by atoms with Gasteiger partial charge in [-0.05, 0) is 0 Å². The summed E-state index contributed by atoms with van der Waals surface area (Å²) in [4.78, 5) is 23.8. The third kappa shape index (κ3) is 3.80. The van der Waals surface area contributed by atoms with Gasteiger partial charge in [0.1, 0.15) is 0 Å². The Hall–Kier alpha value is -1.11. The van der Waals surface area contributed by atoms with Crippen LogP contribution in [0.1, 0.15) is 12.8 Å². The number of sulfone groups is 1. The van der Waals surface area contributed by atoms with Gasteiger partial charge in [0.05, 0.1) is 25.0 Å². The summed E-state index contributed by atoms with van der Waals surface area (Å²) in [6, 6.07) is 0. The van der Waals surface area contributed by atoms with E-state index in [9.17, 15) is 18.0 Å². The Balaban J connectivity index is 2.36. The van der Waals surface area contributed by atoms with Crippen molar-refractivity contribution in [1.29, 1.82) is 0 Å². The number of hydrogen-bond donors (Lipinski definition) is 0. The molecule has 16 heavy (non-hydrogen) atoms. The van der Waals surface area contributed by atoms with Gasteiger partial charge >= 0.3 is 5.97 Å². The first-order chi connectivity index (χ1) is 7.44. The van der Waals surface area contributed by atoms with E-state index in [1.54, 1.807) is 0 Å². The minimum Gasteiger partial charge on any atom is -0.469 e. The van der Waals surface area contributed by atoms with Crippen molar-refractivity contribution in [3.8, 4) is 0 Å². The molecule has 0 aliphatic carbocycles. The summed E-state index contributed by atoms with van der Waals surface area (Å²) < 4.78 is 26.7. The molecule has 0 aromatic carbocycles. The van der Waals surface area contributed by atoms with Crippen LogP contribution < -0.4 is 0 Å². The van der Waals surface area contributed by atoms with Crippen molar-refractivity contribution in [2.24, 2.45) is 0 Å². The fraction of sp³-hybridized carbons (Fsp3) is 0.778. The zero-order chi connectivity index (χ0) is 12.2. The molecule has 1 rings (SSSR count). The van der Waals surface area contributed by atoms with Gasteiger partial charge in [0.25, 0.3) is 0 Å². The molecule has 0 radical (unpaired) electrons. The van der Waals surface area contributed by atoms with Crippen LogP contribution in [0.3, 0.4) is 0 Å². The smallest absolute Gasteiger partial charge is 0.306 e. The number of methoxy groups -OCH3 is 1. The van der Waals surface area contributed by atoms with Gasteiger partial charge in [0.2, 0.25) is 5.91 Å². The maximum absolute atomic E-state index is 11.6. The van der Waals surface area contributed by atoms with Gasteiger partial charge in [0.15, 0.2) is 9.84 Å². The van der Waals surface area contributed by atoms with E-state index in [1.165, 1.54) is 12.0 Å². The molecule has 0 saturated carbocycles. The number of amides is 1. The maximum Gasteiger partial charge on any atom is 0.306 e. The highest BCUT2D eigenvalue weighted by atomic mass is 32.2. The molecular formula is C9H15NO5S. The number of esters is 1. The van der Waals surface area contributed by atoms with Crippen LogP contribution in [0.5, 0.6) is 0 Å². The van der Waals surface area contributed by atoms with Crippen molar-refractivity contribution >= 4 is 21.7 Å². The van der Waals surface area contributed by atoms with Gasteiger partial charge in [-0.3, -0.25) is 9.59 Å². The second-order valence-corrected chi connectivity index (χ2v) is 5.91. The first-order valence-corrected chi connectivity index (χ1v) is 6.82. The minimum atomic E-state index is -2.97. The van der Waals surface area contributed by atoms with Crippen LogP contribution in [0.4, 0.5) is 0 Å². The van der Waals surface area contributed by atoms with E-state index in [0.29, 0.717) is 0 Å².